The average molecular weight is 347 g/mol. The van der Waals surface area contributed by atoms with Gasteiger partial charge >= 0.3 is 6.09 Å². The van der Waals surface area contributed by atoms with Gasteiger partial charge in [0.15, 0.2) is 5.78 Å². The molecule has 2 amide bonds. The molecule has 7 heteroatoms. The van der Waals surface area contributed by atoms with Crippen LogP contribution in [0.25, 0.3) is 0 Å². The number of Topliss-reactive ketones (excluding diaryl/α,β-unsaturated/α-hetero) is 1. The van der Waals surface area contributed by atoms with Crippen molar-refractivity contribution in [3.8, 4) is 0 Å². The predicted octanol–water partition coefficient (Wildman–Crippen LogP) is 1.99. The molecule has 1 fully saturated rings. The second-order valence-corrected chi connectivity index (χ2v) is 5.99. The summed E-state index contributed by atoms with van der Waals surface area (Å²) in [5.74, 6) is -0.259. The van der Waals surface area contributed by atoms with E-state index in [2.05, 4.69) is 5.32 Å². The number of nitrogens with zero attached hydrogens (tertiary/aromatic N) is 2. The van der Waals surface area contributed by atoms with Gasteiger partial charge < -0.3 is 15.0 Å². The first-order chi connectivity index (χ1) is 11.9. The molecule has 2 rings (SSSR count). The number of piperazine rings is 1. The van der Waals surface area contributed by atoms with Gasteiger partial charge in [-0.05, 0) is 32.9 Å². The highest BCUT2D eigenvalue weighted by Gasteiger charge is 2.28. The van der Waals surface area contributed by atoms with Gasteiger partial charge in [0.25, 0.3) is 0 Å². The minimum Gasteiger partial charge on any atom is -0.450 e. The Bertz CT molecular complexity index is 639. The molecule has 0 spiro atoms. The number of hydrogen-bond acceptors (Lipinski definition) is 5. The number of carbonyl (C=O) groups is 3. The monoisotopic (exact) mass is 347 g/mol. The van der Waals surface area contributed by atoms with Gasteiger partial charge in [-0.15, -0.1) is 0 Å². The number of para-hydroxylation sites is 1. The van der Waals surface area contributed by atoms with Crippen molar-refractivity contribution >= 4 is 23.5 Å². The number of nitrogens with one attached hydrogen (secondary N) is 1. The van der Waals surface area contributed by atoms with Gasteiger partial charge in [-0.1, -0.05) is 12.1 Å². The van der Waals surface area contributed by atoms with E-state index in [1.807, 2.05) is 11.8 Å². The second-order valence-electron chi connectivity index (χ2n) is 5.99. The second kappa shape index (κ2) is 8.62. The molecule has 0 aliphatic carbocycles. The van der Waals surface area contributed by atoms with E-state index in [0.29, 0.717) is 44.0 Å². The lowest BCUT2D eigenvalue weighted by molar-refractivity contribution is -0.121. The molecule has 7 nitrogen and oxygen atoms in total. The molecule has 0 aromatic heterocycles. The number of anilines is 1. The molecule has 0 unspecified atom stereocenters. The van der Waals surface area contributed by atoms with Crippen LogP contribution in [0.3, 0.4) is 0 Å². The van der Waals surface area contributed by atoms with Crippen molar-refractivity contribution in [1.29, 1.82) is 0 Å². The van der Waals surface area contributed by atoms with Gasteiger partial charge in [0.05, 0.1) is 18.3 Å². The Morgan fingerprint density at radius 1 is 1.16 bits per heavy atom. The molecule has 1 aromatic rings. The zero-order chi connectivity index (χ0) is 18.4. The third kappa shape index (κ3) is 4.79. The van der Waals surface area contributed by atoms with E-state index >= 15 is 0 Å². The Kier molecular flexibility index (Phi) is 6.52. The maximum atomic E-state index is 12.5. The Morgan fingerprint density at radius 2 is 1.80 bits per heavy atom. The Hall–Kier alpha value is -2.41. The van der Waals surface area contributed by atoms with Gasteiger partial charge in [0, 0.05) is 31.7 Å². The number of ether oxygens (including phenoxy) is 1. The summed E-state index contributed by atoms with van der Waals surface area (Å²) in [6.07, 6.45) is -0.311. The summed E-state index contributed by atoms with van der Waals surface area (Å²) in [6, 6.07) is 6.61. The summed E-state index contributed by atoms with van der Waals surface area (Å²) in [4.78, 5) is 39.6. The molecule has 0 saturated carbocycles. The van der Waals surface area contributed by atoms with E-state index in [9.17, 15) is 14.4 Å². The Morgan fingerprint density at radius 3 is 2.40 bits per heavy atom. The fraction of sp³-hybridized carbons (Fsp3) is 0.500. The van der Waals surface area contributed by atoms with Gasteiger partial charge in [-0.3, -0.25) is 14.5 Å². The Balaban J connectivity index is 1.93. The van der Waals surface area contributed by atoms with E-state index in [1.54, 1.807) is 36.1 Å². The summed E-state index contributed by atoms with van der Waals surface area (Å²) in [5.41, 5.74) is 1.02. The number of amides is 2. The van der Waals surface area contributed by atoms with Crippen LogP contribution in [0.2, 0.25) is 0 Å². The molecule has 0 radical (unpaired) electrons. The van der Waals surface area contributed by atoms with Gasteiger partial charge in [-0.2, -0.15) is 0 Å². The van der Waals surface area contributed by atoms with E-state index < -0.39 is 0 Å². The van der Waals surface area contributed by atoms with Crippen molar-refractivity contribution in [2.45, 2.75) is 26.8 Å². The molecule has 1 saturated heterocycles. The minimum absolute atomic E-state index is 0.0911. The van der Waals surface area contributed by atoms with Crippen LogP contribution >= 0.6 is 0 Å². The summed E-state index contributed by atoms with van der Waals surface area (Å²) >= 11 is 0. The van der Waals surface area contributed by atoms with Crippen molar-refractivity contribution in [3.63, 3.8) is 0 Å². The van der Waals surface area contributed by atoms with Crippen LogP contribution in [0.5, 0.6) is 0 Å². The highest BCUT2D eigenvalue weighted by atomic mass is 16.6. The first-order valence-electron chi connectivity index (χ1n) is 8.50. The molecule has 1 aliphatic rings. The van der Waals surface area contributed by atoms with Crippen molar-refractivity contribution in [3.05, 3.63) is 29.8 Å². The van der Waals surface area contributed by atoms with Crippen LogP contribution in [0, 0.1) is 0 Å². The van der Waals surface area contributed by atoms with Crippen LogP contribution in [0.15, 0.2) is 24.3 Å². The molecular weight excluding hydrogens is 322 g/mol. The van der Waals surface area contributed by atoms with Crippen LogP contribution in [-0.4, -0.2) is 66.4 Å². The number of carbonyl (C=O) groups excluding carboxylic acids is 3. The number of ketones is 1. The largest absolute Gasteiger partial charge is 0.450 e. The molecule has 1 atom stereocenters. The van der Waals surface area contributed by atoms with E-state index in [4.69, 9.17) is 4.74 Å². The highest BCUT2D eigenvalue weighted by Crippen LogP contribution is 2.17. The molecule has 1 aromatic carbocycles. The SMILES string of the molecule is CCOC(=O)N1CCN([C@H](C)C(=O)Nc2ccccc2C(C)=O)CC1. The minimum atomic E-state index is -0.357. The van der Waals surface area contributed by atoms with E-state index in [-0.39, 0.29) is 23.8 Å². The average Bonchev–Trinajstić information content (AvgIpc) is 2.61. The lowest BCUT2D eigenvalue weighted by Crippen LogP contribution is -2.54. The first kappa shape index (κ1) is 18.9. The zero-order valence-corrected chi connectivity index (χ0v) is 14.9. The highest BCUT2D eigenvalue weighted by molar-refractivity contribution is 6.04. The molecule has 1 heterocycles. The van der Waals surface area contributed by atoms with Gasteiger partial charge in [0.1, 0.15) is 0 Å². The summed E-state index contributed by atoms with van der Waals surface area (Å²) in [6.45, 7) is 7.69. The van der Waals surface area contributed by atoms with Crippen LogP contribution in [0.1, 0.15) is 31.1 Å². The predicted molar refractivity (Wildman–Crippen MR) is 94.7 cm³/mol. The van der Waals surface area contributed by atoms with Crippen LogP contribution in [0.4, 0.5) is 10.5 Å². The van der Waals surface area contributed by atoms with Crippen LogP contribution < -0.4 is 5.32 Å². The standard InChI is InChI=1S/C18H25N3O4/c1-4-25-18(24)21-11-9-20(10-12-21)13(2)17(23)19-16-8-6-5-7-15(16)14(3)22/h5-8,13H,4,9-12H2,1-3H3,(H,19,23)/t13-/m1/s1. The van der Waals surface area contributed by atoms with E-state index in [0.717, 1.165) is 0 Å². The zero-order valence-electron chi connectivity index (χ0n) is 14.9. The molecule has 1 aliphatic heterocycles. The number of hydrogen-bond donors (Lipinski definition) is 1. The molecule has 136 valence electrons. The normalized spacial score (nSPS) is 16.2. The number of rotatable bonds is 5. The molecule has 1 N–H and O–H groups in total. The fourth-order valence-corrected chi connectivity index (χ4v) is 2.81. The quantitative estimate of drug-likeness (QED) is 0.824. The molecule has 25 heavy (non-hydrogen) atoms. The summed E-state index contributed by atoms with van der Waals surface area (Å²) in [5, 5.41) is 2.84. The maximum absolute atomic E-state index is 12.5. The van der Waals surface area contributed by atoms with Crippen molar-refractivity contribution in [1.82, 2.24) is 9.80 Å². The summed E-state index contributed by atoms with van der Waals surface area (Å²) in [7, 11) is 0. The first-order valence-corrected chi connectivity index (χ1v) is 8.50. The van der Waals surface area contributed by atoms with Crippen molar-refractivity contribution < 1.29 is 19.1 Å². The van der Waals surface area contributed by atoms with Gasteiger partial charge in [-0.25, -0.2) is 4.79 Å². The third-order valence-corrected chi connectivity index (χ3v) is 4.33. The Labute approximate surface area is 147 Å². The summed E-state index contributed by atoms with van der Waals surface area (Å²) < 4.78 is 5.00. The van der Waals surface area contributed by atoms with Crippen molar-refractivity contribution in [2.75, 3.05) is 38.1 Å². The third-order valence-electron chi connectivity index (χ3n) is 4.33. The fourth-order valence-electron chi connectivity index (χ4n) is 2.81. The topological polar surface area (TPSA) is 79.0 Å². The lowest BCUT2D eigenvalue weighted by atomic mass is 10.1. The van der Waals surface area contributed by atoms with Gasteiger partial charge in [0.2, 0.25) is 5.91 Å². The van der Waals surface area contributed by atoms with E-state index in [1.165, 1.54) is 6.92 Å². The van der Waals surface area contributed by atoms with Crippen molar-refractivity contribution in [2.24, 2.45) is 0 Å². The van der Waals surface area contributed by atoms with Crippen LogP contribution in [-0.2, 0) is 9.53 Å². The molecular formula is C18H25N3O4. The molecule has 0 bridgehead atoms. The smallest absolute Gasteiger partial charge is 0.409 e. The lowest BCUT2D eigenvalue weighted by Gasteiger charge is -2.36. The maximum Gasteiger partial charge on any atom is 0.409 e. The number of benzene rings is 1.